The van der Waals surface area contributed by atoms with E-state index in [2.05, 4.69) is 42.7 Å². The summed E-state index contributed by atoms with van der Waals surface area (Å²) < 4.78 is 5.71. The molecule has 0 spiro atoms. The van der Waals surface area contributed by atoms with Gasteiger partial charge in [0.15, 0.2) is 5.11 Å². The highest BCUT2D eigenvalue weighted by Crippen LogP contribution is 2.13. The normalized spacial score (nSPS) is 11.6. The van der Waals surface area contributed by atoms with Crippen LogP contribution in [0.25, 0.3) is 0 Å². The van der Waals surface area contributed by atoms with Crippen molar-refractivity contribution in [2.75, 3.05) is 11.9 Å². The summed E-state index contributed by atoms with van der Waals surface area (Å²) in [6, 6.07) is 16.2. The molecule has 0 saturated heterocycles. The Bertz CT molecular complexity index is 608. The summed E-state index contributed by atoms with van der Waals surface area (Å²) in [6.45, 7) is 6.74. The van der Waals surface area contributed by atoms with E-state index in [1.807, 2.05) is 37.3 Å². The molecule has 2 N–H and O–H groups in total. The number of ether oxygens (including phenoxy) is 1. The number of hydrogen-bond acceptors (Lipinski definition) is 2. The van der Waals surface area contributed by atoms with Crippen molar-refractivity contribution in [2.24, 2.45) is 0 Å². The van der Waals surface area contributed by atoms with Gasteiger partial charge < -0.3 is 15.4 Å². The number of thiocarbonyl (C=S) groups is 1. The molecule has 0 aliphatic rings. The zero-order valence-corrected chi connectivity index (χ0v) is 14.0. The maximum Gasteiger partial charge on any atom is 0.171 e. The molecule has 0 bridgehead atoms. The fourth-order valence-electron chi connectivity index (χ4n) is 2.22. The lowest BCUT2D eigenvalue weighted by Gasteiger charge is -2.18. The van der Waals surface area contributed by atoms with Crippen molar-refractivity contribution in [3.63, 3.8) is 0 Å². The summed E-state index contributed by atoms with van der Waals surface area (Å²) in [7, 11) is 0. The standard InChI is InChI=1S/C18H22N2OS/c1-13-9-14(2)11-16(10-13)20-18(22)19-15(3)12-21-17-7-5-4-6-8-17/h4-11,15H,12H2,1-3H3,(H2,19,20,22)/t15-/m0/s1. The van der Waals surface area contributed by atoms with Crippen LogP contribution in [0.1, 0.15) is 18.1 Å². The molecule has 0 amide bonds. The van der Waals surface area contributed by atoms with Crippen molar-refractivity contribution >= 4 is 23.0 Å². The SMILES string of the molecule is Cc1cc(C)cc(NC(=S)N[C@@H](C)COc2ccccc2)c1. The first-order valence-electron chi connectivity index (χ1n) is 7.36. The van der Waals surface area contributed by atoms with E-state index < -0.39 is 0 Å². The van der Waals surface area contributed by atoms with Gasteiger partial charge in [0.05, 0.1) is 6.04 Å². The molecule has 0 aliphatic heterocycles. The van der Waals surface area contributed by atoms with Gasteiger partial charge in [0.25, 0.3) is 0 Å². The van der Waals surface area contributed by atoms with Crippen LogP contribution in [0.15, 0.2) is 48.5 Å². The zero-order valence-electron chi connectivity index (χ0n) is 13.2. The van der Waals surface area contributed by atoms with Gasteiger partial charge in [-0.3, -0.25) is 0 Å². The molecule has 22 heavy (non-hydrogen) atoms. The fourth-order valence-corrected chi connectivity index (χ4v) is 2.54. The van der Waals surface area contributed by atoms with Gasteiger partial charge in [-0.2, -0.15) is 0 Å². The molecular formula is C18H22N2OS. The summed E-state index contributed by atoms with van der Waals surface area (Å²) in [5.41, 5.74) is 3.43. The molecule has 2 rings (SSSR count). The van der Waals surface area contributed by atoms with Gasteiger partial charge in [0.1, 0.15) is 12.4 Å². The van der Waals surface area contributed by atoms with Crippen LogP contribution in [0.3, 0.4) is 0 Å². The molecule has 2 aromatic rings. The molecule has 0 aliphatic carbocycles. The van der Waals surface area contributed by atoms with Gasteiger partial charge in [-0.1, -0.05) is 24.3 Å². The maximum absolute atomic E-state index is 5.71. The largest absolute Gasteiger partial charge is 0.491 e. The number of para-hydroxylation sites is 1. The summed E-state index contributed by atoms with van der Waals surface area (Å²) in [4.78, 5) is 0. The van der Waals surface area contributed by atoms with Crippen LogP contribution >= 0.6 is 12.2 Å². The monoisotopic (exact) mass is 314 g/mol. The molecule has 0 fully saturated rings. The van der Waals surface area contributed by atoms with Crippen molar-refractivity contribution in [2.45, 2.75) is 26.8 Å². The number of anilines is 1. The molecule has 1 atom stereocenters. The second kappa shape index (κ2) is 7.80. The third-order valence-electron chi connectivity index (χ3n) is 3.10. The fraction of sp³-hybridized carbons (Fsp3) is 0.278. The van der Waals surface area contributed by atoms with Gasteiger partial charge in [-0.05, 0) is 68.4 Å². The molecule has 2 aromatic carbocycles. The van der Waals surface area contributed by atoms with Crippen LogP contribution in [0, 0.1) is 13.8 Å². The summed E-state index contributed by atoms with van der Waals surface area (Å²) in [5, 5.41) is 7.06. The van der Waals surface area contributed by atoms with Gasteiger partial charge >= 0.3 is 0 Å². The quantitative estimate of drug-likeness (QED) is 0.816. The van der Waals surface area contributed by atoms with Gasteiger partial charge in [0, 0.05) is 5.69 Å². The maximum atomic E-state index is 5.71. The molecule has 0 unspecified atom stereocenters. The molecule has 0 aromatic heterocycles. The molecule has 4 heteroatoms. The zero-order chi connectivity index (χ0) is 15.9. The Balaban J connectivity index is 1.81. The minimum absolute atomic E-state index is 0.117. The molecule has 0 saturated carbocycles. The Kier molecular flexibility index (Phi) is 5.78. The Morgan fingerprint density at radius 3 is 2.36 bits per heavy atom. The molecule has 0 heterocycles. The van der Waals surface area contributed by atoms with Gasteiger partial charge in [-0.25, -0.2) is 0 Å². The Hall–Kier alpha value is -2.07. The van der Waals surface area contributed by atoms with Crippen molar-refractivity contribution < 1.29 is 4.74 Å². The number of hydrogen-bond donors (Lipinski definition) is 2. The van der Waals surface area contributed by atoms with E-state index in [9.17, 15) is 0 Å². The van der Waals surface area contributed by atoms with E-state index in [4.69, 9.17) is 17.0 Å². The van der Waals surface area contributed by atoms with Crippen molar-refractivity contribution in [1.82, 2.24) is 5.32 Å². The van der Waals surface area contributed by atoms with Crippen LogP contribution < -0.4 is 15.4 Å². The number of benzene rings is 2. The lowest BCUT2D eigenvalue weighted by molar-refractivity contribution is 0.287. The highest BCUT2D eigenvalue weighted by Gasteiger charge is 2.06. The summed E-state index contributed by atoms with van der Waals surface area (Å²) in [5.74, 6) is 0.865. The first-order valence-corrected chi connectivity index (χ1v) is 7.77. The van der Waals surface area contributed by atoms with E-state index in [1.54, 1.807) is 0 Å². The molecular weight excluding hydrogens is 292 g/mol. The Morgan fingerprint density at radius 2 is 1.73 bits per heavy atom. The first kappa shape index (κ1) is 16.3. The lowest BCUT2D eigenvalue weighted by atomic mass is 10.1. The second-order valence-corrected chi connectivity index (χ2v) is 5.91. The summed E-state index contributed by atoms with van der Waals surface area (Å²) in [6.07, 6.45) is 0. The number of nitrogens with one attached hydrogen (secondary N) is 2. The molecule has 3 nitrogen and oxygen atoms in total. The second-order valence-electron chi connectivity index (χ2n) is 5.50. The van der Waals surface area contributed by atoms with Crippen LogP contribution in [0.2, 0.25) is 0 Å². The average Bonchev–Trinajstić information content (AvgIpc) is 2.45. The topological polar surface area (TPSA) is 33.3 Å². The Labute approximate surface area is 137 Å². The van der Waals surface area contributed by atoms with E-state index >= 15 is 0 Å². The Morgan fingerprint density at radius 1 is 1.09 bits per heavy atom. The van der Waals surface area contributed by atoms with E-state index in [-0.39, 0.29) is 6.04 Å². The van der Waals surface area contributed by atoms with Gasteiger partial charge in [-0.15, -0.1) is 0 Å². The number of aryl methyl sites for hydroxylation is 2. The van der Waals surface area contributed by atoms with Crippen LogP contribution in [0.4, 0.5) is 5.69 Å². The van der Waals surface area contributed by atoms with E-state index in [1.165, 1.54) is 11.1 Å². The highest BCUT2D eigenvalue weighted by atomic mass is 32.1. The van der Waals surface area contributed by atoms with Crippen molar-refractivity contribution in [3.8, 4) is 5.75 Å². The predicted molar refractivity (Wildman–Crippen MR) is 96.7 cm³/mol. The van der Waals surface area contributed by atoms with Gasteiger partial charge in [0.2, 0.25) is 0 Å². The minimum Gasteiger partial charge on any atom is -0.491 e. The first-order chi connectivity index (χ1) is 10.5. The molecule has 116 valence electrons. The molecule has 0 radical (unpaired) electrons. The third-order valence-corrected chi connectivity index (χ3v) is 3.32. The minimum atomic E-state index is 0.117. The van der Waals surface area contributed by atoms with Crippen molar-refractivity contribution in [1.29, 1.82) is 0 Å². The third kappa shape index (κ3) is 5.37. The van der Waals surface area contributed by atoms with E-state index in [0.717, 1.165) is 11.4 Å². The van der Waals surface area contributed by atoms with E-state index in [0.29, 0.717) is 11.7 Å². The highest BCUT2D eigenvalue weighted by molar-refractivity contribution is 7.80. The van der Waals surface area contributed by atoms with Crippen LogP contribution in [-0.2, 0) is 0 Å². The summed E-state index contributed by atoms with van der Waals surface area (Å²) >= 11 is 5.35. The number of rotatable bonds is 5. The van der Waals surface area contributed by atoms with Crippen molar-refractivity contribution in [3.05, 3.63) is 59.7 Å². The average molecular weight is 314 g/mol. The predicted octanol–water partition coefficient (Wildman–Crippen LogP) is 4.06. The van der Waals surface area contributed by atoms with Crippen LogP contribution in [0.5, 0.6) is 5.75 Å². The lowest BCUT2D eigenvalue weighted by Crippen LogP contribution is -2.39. The smallest absolute Gasteiger partial charge is 0.171 e. The van der Waals surface area contributed by atoms with Crippen LogP contribution in [-0.4, -0.2) is 17.8 Å².